The van der Waals surface area contributed by atoms with Crippen LogP contribution in [-0.4, -0.2) is 32.0 Å². The summed E-state index contributed by atoms with van der Waals surface area (Å²) in [5, 5.41) is 7.34. The summed E-state index contributed by atoms with van der Waals surface area (Å²) in [6.07, 6.45) is 9.04. The van der Waals surface area contributed by atoms with Gasteiger partial charge in [-0.3, -0.25) is 0 Å². The number of piperidine rings is 2. The van der Waals surface area contributed by atoms with Crippen LogP contribution in [0.3, 0.4) is 0 Å². The van der Waals surface area contributed by atoms with Gasteiger partial charge in [0.05, 0.1) is 35.9 Å². The molecule has 2 saturated heterocycles. The standard InChI is InChI=1S/C28H28N6/c1-5-17(25-13-29-27(33-25)23-11-19-9-21(19)31-23)6-2-15(1)16-3-7-18(8-4-16)26-14-30-28(34-26)24-12-20-10-22(20)32-24/h1-8,13-14,19-24,31-32H,9-12H2,(H,29,33)(H,30,34)/t19-,20-,21-,22-,23?,24?/m0/s1. The molecule has 2 saturated carbocycles. The molecule has 2 aliphatic heterocycles. The molecule has 4 aliphatic rings. The van der Waals surface area contributed by atoms with Crippen molar-refractivity contribution in [3.8, 4) is 33.6 Å². The second-order valence-corrected chi connectivity index (χ2v) is 10.6. The molecule has 170 valence electrons. The van der Waals surface area contributed by atoms with Crippen molar-refractivity contribution in [3.05, 3.63) is 72.6 Å². The highest BCUT2D eigenvalue weighted by Gasteiger charge is 2.47. The summed E-state index contributed by atoms with van der Waals surface area (Å²) >= 11 is 0. The predicted molar refractivity (Wildman–Crippen MR) is 132 cm³/mol. The molecule has 0 spiro atoms. The van der Waals surface area contributed by atoms with Crippen LogP contribution in [-0.2, 0) is 0 Å². The third-order valence-corrected chi connectivity index (χ3v) is 8.33. The van der Waals surface area contributed by atoms with E-state index in [1.54, 1.807) is 0 Å². The monoisotopic (exact) mass is 448 g/mol. The number of H-pyrrole nitrogens is 2. The largest absolute Gasteiger partial charge is 0.341 e. The summed E-state index contributed by atoms with van der Waals surface area (Å²) in [6.45, 7) is 0. The summed E-state index contributed by atoms with van der Waals surface area (Å²) < 4.78 is 0. The second-order valence-electron chi connectivity index (χ2n) is 10.6. The van der Waals surface area contributed by atoms with Crippen molar-refractivity contribution in [1.82, 2.24) is 30.6 Å². The number of aromatic nitrogens is 4. The van der Waals surface area contributed by atoms with Crippen molar-refractivity contribution in [2.75, 3.05) is 0 Å². The minimum Gasteiger partial charge on any atom is -0.341 e. The van der Waals surface area contributed by atoms with Crippen LogP contribution in [0, 0.1) is 11.8 Å². The lowest BCUT2D eigenvalue weighted by Gasteiger charge is -2.09. The molecule has 6 nitrogen and oxygen atoms in total. The van der Waals surface area contributed by atoms with Gasteiger partial charge in [0.25, 0.3) is 0 Å². The van der Waals surface area contributed by atoms with E-state index in [0.717, 1.165) is 47.0 Å². The third kappa shape index (κ3) is 3.24. The molecule has 4 N–H and O–H groups in total. The van der Waals surface area contributed by atoms with Crippen LogP contribution in [0.2, 0.25) is 0 Å². The fourth-order valence-electron chi connectivity index (χ4n) is 6.07. The average molecular weight is 449 g/mol. The minimum atomic E-state index is 0.390. The molecule has 34 heavy (non-hydrogen) atoms. The second kappa shape index (κ2) is 7.14. The van der Waals surface area contributed by atoms with Crippen molar-refractivity contribution < 1.29 is 0 Å². The maximum atomic E-state index is 4.65. The summed E-state index contributed by atoms with van der Waals surface area (Å²) in [4.78, 5) is 16.4. The van der Waals surface area contributed by atoms with Crippen LogP contribution in [0.25, 0.3) is 33.6 Å². The SMILES string of the molecule is c1cc(-c2cnc(C3C[C@@H]4C[C@@H]4N3)[nH]2)ccc1-c1ccc(-c2cnc(C3C[C@@H]4C[C@@H]4N3)[nH]2)cc1. The van der Waals surface area contributed by atoms with E-state index in [4.69, 9.17) is 0 Å². The smallest absolute Gasteiger partial charge is 0.123 e. The Bertz CT molecular complexity index is 1220. The fraction of sp³-hybridized carbons (Fsp3) is 0.357. The third-order valence-electron chi connectivity index (χ3n) is 8.33. The average Bonchev–Trinajstić information content (AvgIpc) is 3.46. The zero-order chi connectivity index (χ0) is 22.2. The van der Waals surface area contributed by atoms with Gasteiger partial charge in [0.2, 0.25) is 0 Å². The molecule has 0 radical (unpaired) electrons. The molecule has 2 aromatic carbocycles. The molecule has 4 heterocycles. The number of rotatable bonds is 5. The lowest BCUT2D eigenvalue weighted by Crippen LogP contribution is -2.18. The number of benzene rings is 2. The van der Waals surface area contributed by atoms with Crippen molar-refractivity contribution in [1.29, 1.82) is 0 Å². The maximum absolute atomic E-state index is 4.65. The lowest BCUT2D eigenvalue weighted by molar-refractivity contribution is 0.543. The Morgan fingerprint density at radius 2 is 0.941 bits per heavy atom. The van der Waals surface area contributed by atoms with E-state index in [0.29, 0.717) is 12.1 Å². The molecule has 0 bridgehead atoms. The molecule has 8 rings (SSSR count). The Balaban J connectivity index is 0.972. The first kappa shape index (κ1) is 19.1. The lowest BCUT2D eigenvalue weighted by atomic mass is 10.0. The fourth-order valence-corrected chi connectivity index (χ4v) is 6.07. The van der Waals surface area contributed by atoms with Crippen molar-refractivity contribution in [3.63, 3.8) is 0 Å². The van der Waals surface area contributed by atoms with Gasteiger partial charge in [-0.25, -0.2) is 9.97 Å². The van der Waals surface area contributed by atoms with Crippen molar-refractivity contribution in [2.24, 2.45) is 11.8 Å². The van der Waals surface area contributed by atoms with Gasteiger partial charge in [0, 0.05) is 12.1 Å². The van der Waals surface area contributed by atoms with Crippen LogP contribution >= 0.6 is 0 Å². The highest BCUT2D eigenvalue weighted by atomic mass is 15.1. The minimum absolute atomic E-state index is 0.390. The van der Waals surface area contributed by atoms with Crippen LogP contribution in [0.5, 0.6) is 0 Å². The Morgan fingerprint density at radius 3 is 1.32 bits per heavy atom. The zero-order valence-corrected chi connectivity index (χ0v) is 19.0. The van der Waals surface area contributed by atoms with E-state index >= 15 is 0 Å². The van der Waals surface area contributed by atoms with Crippen LogP contribution < -0.4 is 10.6 Å². The summed E-state index contributed by atoms with van der Waals surface area (Å²) in [6, 6.07) is 19.7. The number of nitrogens with zero attached hydrogens (tertiary/aromatic N) is 2. The first-order valence-corrected chi connectivity index (χ1v) is 12.6. The summed E-state index contributed by atoms with van der Waals surface area (Å²) in [5.74, 6) is 3.89. The highest BCUT2D eigenvalue weighted by Crippen LogP contribution is 2.46. The molecule has 4 aromatic rings. The summed E-state index contributed by atoms with van der Waals surface area (Å²) in [7, 11) is 0. The molecule has 2 aromatic heterocycles. The number of hydrogen-bond donors (Lipinski definition) is 4. The van der Waals surface area contributed by atoms with Gasteiger partial charge < -0.3 is 20.6 Å². The molecule has 4 fully saturated rings. The van der Waals surface area contributed by atoms with E-state index in [2.05, 4.69) is 79.1 Å². The van der Waals surface area contributed by atoms with E-state index in [-0.39, 0.29) is 0 Å². The Labute approximate surface area is 198 Å². The number of aromatic amines is 2. The van der Waals surface area contributed by atoms with E-state index in [1.807, 2.05) is 12.4 Å². The predicted octanol–water partition coefficient (Wildman–Crippen LogP) is 4.98. The molecular weight excluding hydrogens is 420 g/mol. The van der Waals surface area contributed by atoms with Crippen LogP contribution in [0.1, 0.15) is 49.4 Å². The Kier molecular flexibility index (Phi) is 4.02. The van der Waals surface area contributed by atoms with E-state index in [1.165, 1.54) is 47.9 Å². The van der Waals surface area contributed by atoms with Crippen LogP contribution in [0.15, 0.2) is 60.9 Å². The molecule has 6 heteroatoms. The van der Waals surface area contributed by atoms with Gasteiger partial charge in [0.15, 0.2) is 0 Å². The van der Waals surface area contributed by atoms with Crippen molar-refractivity contribution >= 4 is 0 Å². The van der Waals surface area contributed by atoms with Crippen LogP contribution in [0.4, 0.5) is 0 Å². The van der Waals surface area contributed by atoms with Gasteiger partial charge in [-0.15, -0.1) is 0 Å². The van der Waals surface area contributed by atoms with E-state index in [9.17, 15) is 0 Å². The number of fused-ring (bicyclic) bond motifs is 2. The molecule has 0 amide bonds. The van der Waals surface area contributed by atoms with Crippen molar-refractivity contribution in [2.45, 2.75) is 49.9 Å². The van der Waals surface area contributed by atoms with Gasteiger partial charge in [-0.1, -0.05) is 48.5 Å². The molecule has 6 atom stereocenters. The number of hydrogen-bond acceptors (Lipinski definition) is 4. The maximum Gasteiger partial charge on any atom is 0.123 e. The van der Waals surface area contributed by atoms with Gasteiger partial charge in [-0.05, 0) is 59.8 Å². The van der Waals surface area contributed by atoms with Gasteiger partial charge in [-0.2, -0.15) is 0 Å². The first-order chi connectivity index (χ1) is 16.8. The normalized spacial score (nSPS) is 30.8. The highest BCUT2D eigenvalue weighted by molar-refractivity contribution is 5.71. The van der Waals surface area contributed by atoms with E-state index < -0.39 is 0 Å². The quantitative estimate of drug-likeness (QED) is 0.347. The number of imidazole rings is 2. The summed E-state index contributed by atoms with van der Waals surface area (Å²) in [5.41, 5.74) is 6.95. The molecular formula is C28H28N6. The molecule has 2 unspecified atom stereocenters. The topological polar surface area (TPSA) is 81.4 Å². The van der Waals surface area contributed by atoms with Gasteiger partial charge in [0.1, 0.15) is 11.6 Å². The Hall–Kier alpha value is -3.22. The molecule has 2 aliphatic carbocycles. The van der Waals surface area contributed by atoms with Gasteiger partial charge >= 0.3 is 0 Å². The Morgan fingerprint density at radius 1 is 0.529 bits per heavy atom. The zero-order valence-electron chi connectivity index (χ0n) is 19.0. The number of nitrogens with one attached hydrogen (secondary N) is 4. The first-order valence-electron chi connectivity index (χ1n) is 12.6.